The van der Waals surface area contributed by atoms with E-state index in [2.05, 4.69) is 31.1 Å². The van der Waals surface area contributed by atoms with Gasteiger partial charge in [0, 0.05) is 17.8 Å². The molecule has 0 bridgehead atoms. The van der Waals surface area contributed by atoms with Gasteiger partial charge in [-0.15, -0.1) is 11.3 Å². The Balaban J connectivity index is 2.36. The third-order valence-corrected chi connectivity index (χ3v) is 3.52. The largest absolute Gasteiger partial charge is 0.481 e. The fraction of sp³-hybridized carbons (Fsp3) is 0.692. The quantitative estimate of drug-likeness (QED) is 0.760. The molecule has 0 saturated carbocycles. The molecule has 1 aromatic heterocycles. The predicted molar refractivity (Wildman–Crippen MR) is 75.2 cm³/mol. The highest BCUT2D eigenvalue weighted by atomic mass is 32.1. The number of aryl methyl sites for hydroxylation is 1. The maximum Gasteiger partial charge on any atom is 0.303 e. The smallest absolute Gasteiger partial charge is 0.303 e. The molecule has 1 rings (SSSR count). The zero-order valence-corrected chi connectivity index (χ0v) is 12.1. The first-order chi connectivity index (χ1) is 8.47. The topological polar surface area (TPSA) is 62.2 Å². The molecule has 1 unspecified atom stereocenters. The average molecular weight is 270 g/mol. The minimum atomic E-state index is -0.775. The summed E-state index contributed by atoms with van der Waals surface area (Å²) in [7, 11) is 0. The van der Waals surface area contributed by atoms with E-state index in [1.165, 1.54) is 6.42 Å². The molecule has 102 valence electrons. The highest BCUT2D eigenvalue weighted by Gasteiger charge is 2.08. The van der Waals surface area contributed by atoms with E-state index in [4.69, 9.17) is 5.11 Å². The van der Waals surface area contributed by atoms with Crippen LogP contribution in [0.2, 0.25) is 0 Å². The molecule has 0 amide bonds. The summed E-state index contributed by atoms with van der Waals surface area (Å²) in [5, 5.41) is 14.8. The molecule has 0 fully saturated rings. The maximum atomic E-state index is 10.5. The van der Waals surface area contributed by atoms with Gasteiger partial charge in [-0.25, -0.2) is 4.98 Å². The minimum Gasteiger partial charge on any atom is -0.481 e. The van der Waals surface area contributed by atoms with Gasteiger partial charge in [-0.2, -0.15) is 0 Å². The van der Waals surface area contributed by atoms with Gasteiger partial charge in [0.15, 0.2) is 5.13 Å². The number of rotatable bonds is 8. The molecule has 0 aliphatic heterocycles. The number of aromatic nitrogens is 1. The fourth-order valence-corrected chi connectivity index (χ4v) is 2.45. The van der Waals surface area contributed by atoms with E-state index >= 15 is 0 Å². The number of hydrogen-bond donors (Lipinski definition) is 2. The van der Waals surface area contributed by atoms with Crippen molar-refractivity contribution in [1.82, 2.24) is 4.98 Å². The molecular formula is C13H22N2O2S. The Hall–Kier alpha value is -1.10. The number of anilines is 1. The van der Waals surface area contributed by atoms with Crippen molar-refractivity contribution in [3.63, 3.8) is 0 Å². The molecule has 0 radical (unpaired) electrons. The summed E-state index contributed by atoms with van der Waals surface area (Å²) in [6.45, 7) is 6.60. The highest BCUT2D eigenvalue weighted by Crippen LogP contribution is 2.19. The lowest BCUT2D eigenvalue weighted by Crippen LogP contribution is -2.15. The van der Waals surface area contributed by atoms with Gasteiger partial charge in [0.1, 0.15) is 0 Å². The van der Waals surface area contributed by atoms with Crippen LogP contribution in [0, 0.1) is 5.92 Å². The standard InChI is InChI=1S/C13H22N2O2S/c1-9(2)4-5-10(3)14-13-15-11(8-18-13)6-7-12(16)17/h8-10H,4-7H2,1-3H3,(H,14,15)(H,16,17). The van der Waals surface area contributed by atoms with Gasteiger partial charge >= 0.3 is 5.97 Å². The number of carboxylic acid groups (broad SMARTS) is 1. The zero-order valence-electron chi connectivity index (χ0n) is 11.3. The summed E-state index contributed by atoms with van der Waals surface area (Å²) in [4.78, 5) is 14.9. The molecule has 0 aromatic carbocycles. The first kappa shape index (κ1) is 15.0. The summed E-state index contributed by atoms with van der Waals surface area (Å²) in [6.07, 6.45) is 2.98. The van der Waals surface area contributed by atoms with Gasteiger partial charge in [-0.05, 0) is 25.7 Å². The molecule has 2 N–H and O–H groups in total. The zero-order chi connectivity index (χ0) is 13.5. The SMILES string of the molecule is CC(C)CCC(C)Nc1nc(CCC(=O)O)cs1. The van der Waals surface area contributed by atoms with E-state index in [0.717, 1.165) is 23.2 Å². The third-order valence-electron chi connectivity index (χ3n) is 2.69. The Morgan fingerprint density at radius 2 is 2.17 bits per heavy atom. The van der Waals surface area contributed by atoms with Crippen molar-refractivity contribution >= 4 is 22.4 Å². The number of thiazole rings is 1. The molecule has 0 aliphatic carbocycles. The Bertz CT molecular complexity index is 377. The van der Waals surface area contributed by atoms with Crippen molar-refractivity contribution in [2.75, 3.05) is 5.32 Å². The lowest BCUT2D eigenvalue weighted by atomic mass is 10.0. The van der Waals surface area contributed by atoms with Crippen molar-refractivity contribution in [2.45, 2.75) is 52.5 Å². The van der Waals surface area contributed by atoms with Crippen LogP contribution in [0.3, 0.4) is 0 Å². The van der Waals surface area contributed by atoms with E-state index in [9.17, 15) is 4.79 Å². The number of carboxylic acids is 1. The average Bonchev–Trinajstić information content (AvgIpc) is 2.71. The maximum absolute atomic E-state index is 10.5. The van der Waals surface area contributed by atoms with Gasteiger partial charge in [0.05, 0.1) is 12.1 Å². The number of hydrogen-bond acceptors (Lipinski definition) is 4. The van der Waals surface area contributed by atoms with Crippen molar-refractivity contribution in [2.24, 2.45) is 5.92 Å². The Morgan fingerprint density at radius 1 is 1.44 bits per heavy atom. The van der Waals surface area contributed by atoms with E-state index in [0.29, 0.717) is 12.5 Å². The number of nitrogens with one attached hydrogen (secondary N) is 1. The highest BCUT2D eigenvalue weighted by molar-refractivity contribution is 7.13. The van der Waals surface area contributed by atoms with Gasteiger partial charge in [-0.3, -0.25) is 4.79 Å². The Morgan fingerprint density at radius 3 is 2.78 bits per heavy atom. The molecule has 4 nitrogen and oxygen atoms in total. The number of aliphatic carboxylic acids is 1. The first-order valence-corrected chi connectivity index (χ1v) is 7.28. The normalized spacial score (nSPS) is 12.7. The van der Waals surface area contributed by atoms with Crippen molar-refractivity contribution < 1.29 is 9.90 Å². The molecular weight excluding hydrogens is 248 g/mol. The molecule has 0 saturated heterocycles. The van der Waals surface area contributed by atoms with Crippen LogP contribution in [0.5, 0.6) is 0 Å². The second-order valence-electron chi connectivity index (χ2n) is 5.05. The van der Waals surface area contributed by atoms with Crippen LogP contribution in [-0.4, -0.2) is 22.1 Å². The van der Waals surface area contributed by atoms with Crippen LogP contribution in [0.4, 0.5) is 5.13 Å². The predicted octanol–water partition coefficient (Wildman–Crippen LogP) is 3.40. The Labute approximate surface area is 112 Å². The van der Waals surface area contributed by atoms with Gasteiger partial charge < -0.3 is 10.4 Å². The van der Waals surface area contributed by atoms with Crippen LogP contribution in [0.25, 0.3) is 0 Å². The lowest BCUT2D eigenvalue weighted by molar-refractivity contribution is -0.136. The summed E-state index contributed by atoms with van der Waals surface area (Å²) < 4.78 is 0. The summed E-state index contributed by atoms with van der Waals surface area (Å²) in [5.41, 5.74) is 0.862. The van der Waals surface area contributed by atoms with Crippen LogP contribution < -0.4 is 5.32 Å². The second kappa shape index (κ2) is 7.36. The van der Waals surface area contributed by atoms with E-state index in [-0.39, 0.29) is 6.42 Å². The van der Waals surface area contributed by atoms with Gasteiger partial charge in [0.2, 0.25) is 0 Å². The third kappa shape index (κ3) is 6.00. The van der Waals surface area contributed by atoms with Crippen molar-refractivity contribution in [3.05, 3.63) is 11.1 Å². The summed E-state index contributed by atoms with van der Waals surface area (Å²) in [6, 6.07) is 0.408. The van der Waals surface area contributed by atoms with Crippen LogP contribution >= 0.6 is 11.3 Å². The summed E-state index contributed by atoms with van der Waals surface area (Å²) >= 11 is 1.55. The minimum absolute atomic E-state index is 0.145. The number of nitrogens with zero attached hydrogens (tertiary/aromatic N) is 1. The van der Waals surface area contributed by atoms with E-state index < -0.39 is 5.97 Å². The molecule has 18 heavy (non-hydrogen) atoms. The molecule has 5 heteroatoms. The van der Waals surface area contributed by atoms with Crippen LogP contribution in [0.1, 0.15) is 45.7 Å². The Kier molecular flexibility index (Phi) is 6.12. The lowest BCUT2D eigenvalue weighted by Gasteiger charge is -2.13. The molecule has 0 spiro atoms. The molecule has 1 aromatic rings. The van der Waals surface area contributed by atoms with Crippen molar-refractivity contribution in [3.8, 4) is 0 Å². The van der Waals surface area contributed by atoms with E-state index in [1.807, 2.05) is 5.38 Å². The molecule has 1 heterocycles. The van der Waals surface area contributed by atoms with E-state index in [1.54, 1.807) is 11.3 Å². The fourth-order valence-electron chi connectivity index (χ4n) is 1.59. The monoisotopic (exact) mass is 270 g/mol. The molecule has 0 aliphatic rings. The van der Waals surface area contributed by atoms with Crippen LogP contribution in [-0.2, 0) is 11.2 Å². The first-order valence-electron chi connectivity index (χ1n) is 6.40. The van der Waals surface area contributed by atoms with Gasteiger partial charge in [0.25, 0.3) is 0 Å². The second-order valence-corrected chi connectivity index (χ2v) is 5.91. The van der Waals surface area contributed by atoms with Crippen molar-refractivity contribution in [1.29, 1.82) is 0 Å². The molecule has 1 atom stereocenters. The summed E-state index contributed by atoms with van der Waals surface area (Å²) in [5.74, 6) is -0.0560. The van der Waals surface area contributed by atoms with Gasteiger partial charge in [-0.1, -0.05) is 13.8 Å². The van der Waals surface area contributed by atoms with Crippen LogP contribution in [0.15, 0.2) is 5.38 Å². The number of carbonyl (C=O) groups is 1.